The fraction of sp³-hybridized carbons (Fsp3) is 0.500. The first-order valence-electron chi connectivity index (χ1n) is 9.21. The van der Waals surface area contributed by atoms with Crippen molar-refractivity contribution in [2.24, 2.45) is 0 Å². The molecule has 2 saturated heterocycles. The van der Waals surface area contributed by atoms with Crippen LogP contribution in [-0.4, -0.2) is 52.7 Å². The summed E-state index contributed by atoms with van der Waals surface area (Å²) in [4.78, 5) is 20.9. The smallest absolute Gasteiger partial charge is 0.410 e. The van der Waals surface area contributed by atoms with Gasteiger partial charge in [0.25, 0.3) is 0 Å². The van der Waals surface area contributed by atoms with Crippen LogP contribution in [0.5, 0.6) is 0 Å². The predicted octanol–water partition coefficient (Wildman–Crippen LogP) is 3.38. The van der Waals surface area contributed by atoms with Gasteiger partial charge >= 0.3 is 6.09 Å². The van der Waals surface area contributed by atoms with Gasteiger partial charge in [-0.05, 0) is 32.4 Å². The number of rotatable bonds is 4. The first-order valence-corrected chi connectivity index (χ1v) is 9.21. The second kappa shape index (κ2) is 6.43. The molecule has 0 N–H and O–H groups in total. The number of cyclic esters (lactones) is 1. The van der Waals surface area contributed by atoms with Crippen LogP contribution in [0.4, 0.5) is 4.79 Å². The molecule has 2 aliphatic heterocycles. The topological polar surface area (TPSA) is 58.8 Å². The van der Waals surface area contributed by atoms with Crippen molar-refractivity contribution in [3.63, 3.8) is 0 Å². The van der Waals surface area contributed by atoms with Gasteiger partial charge in [-0.3, -0.25) is 9.80 Å². The normalized spacial score (nSPS) is 23.2. The second-order valence-electron chi connectivity index (χ2n) is 7.38. The van der Waals surface area contributed by atoms with Crippen LogP contribution in [0.3, 0.4) is 0 Å². The molecular weight excluding hydrogens is 330 g/mol. The first-order chi connectivity index (χ1) is 12.5. The van der Waals surface area contributed by atoms with Crippen LogP contribution >= 0.6 is 0 Å². The number of amides is 1. The van der Waals surface area contributed by atoms with Gasteiger partial charge in [0.15, 0.2) is 0 Å². The Hall–Kier alpha value is -2.34. The summed E-state index contributed by atoms with van der Waals surface area (Å²) in [6.45, 7) is 9.69. The van der Waals surface area contributed by atoms with E-state index in [1.54, 1.807) is 0 Å². The lowest BCUT2D eigenvalue weighted by atomic mass is 9.93. The van der Waals surface area contributed by atoms with Gasteiger partial charge in [-0.1, -0.05) is 24.6 Å². The van der Waals surface area contributed by atoms with Crippen molar-refractivity contribution in [1.82, 2.24) is 14.8 Å². The van der Waals surface area contributed by atoms with Crippen LogP contribution < -0.4 is 0 Å². The maximum atomic E-state index is 11.9. The zero-order chi connectivity index (χ0) is 18.3. The van der Waals surface area contributed by atoms with Gasteiger partial charge in [-0.25, -0.2) is 9.78 Å². The molecule has 0 aliphatic carbocycles. The summed E-state index contributed by atoms with van der Waals surface area (Å²) in [5, 5.41) is 0. The number of hydrogen-bond donors (Lipinski definition) is 0. The van der Waals surface area contributed by atoms with Gasteiger partial charge in [0.1, 0.15) is 12.4 Å². The van der Waals surface area contributed by atoms with Crippen LogP contribution in [0.2, 0.25) is 0 Å². The van der Waals surface area contributed by atoms with Crippen molar-refractivity contribution >= 4 is 6.09 Å². The van der Waals surface area contributed by atoms with Gasteiger partial charge < -0.3 is 9.15 Å². The number of carbonyl (C=O) groups is 1. The standard InChI is InChI=1S/C20H25N3O3/c1-4-20-12-22(9-10-23(20)19(24)25-13-20)11-17-15(3)26-18(21-17)16-7-5-14(2)6-8-16/h5-8H,4,9-13H2,1-3H3. The van der Waals surface area contributed by atoms with Gasteiger partial charge in [-0.15, -0.1) is 0 Å². The third-order valence-corrected chi connectivity index (χ3v) is 5.64. The SMILES string of the molecule is CCC12COC(=O)N1CCN(Cc1nc(-c3ccc(C)cc3)oc1C)C2. The largest absolute Gasteiger partial charge is 0.447 e. The highest BCUT2D eigenvalue weighted by atomic mass is 16.6. The Labute approximate surface area is 153 Å². The van der Waals surface area contributed by atoms with Gasteiger partial charge in [0, 0.05) is 31.7 Å². The van der Waals surface area contributed by atoms with E-state index >= 15 is 0 Å². The number of oxazole rings is 1. The molecule has 2 aliphatic rings. The molecule has 1 amide bonds. The van der Waals surface area contributed by atoms with E-state index in [1.165, 1.54) is 5.56 Å². The molecule has 3 heterocycles. The highest BCUT2D eigenvalue weighted by molar-refractivity contribution is 5.71. The summed E-state index contributed by atoms with van der Waals surface area (Å²) in [5.41, 5.74) is 2.97. The van der Waals surface area contributed by atoms with Crippen LogP contribution in [0.1, 0.15) is 30.4 Å². The van der Waals surface area contributed by atoms with Crippen molar-refractivity contribution in [3.05, 3.63) is 41.3 Å². The van der Waals surface area contributed by atoms with Gasteiger partial charge in [0.2, 0.25) is 5.89 Å². The Kier molecular flexibility index (Phi) is 4.23. The monoisotopic (exact) mass is 355 g/mol. The van der Waals surface area contributed by atoms with E-state index in [9.17, 15) is 4.79 Å². The molecule has 6 heteroatoms. The number of aryl methyl sites for hydroxylation is 2. The minimum atomic E-state index is -0.202. The summed E-state index contributed by atoms with van der Waals surface area (Å²) in [6, 6.07) is 8.21. The van der Waals surface area contributed by atoms with E-state index in [2.05, 4.69) is 30.9 Å². The molecule has 1 atom stereocenters. The van der Waals surface area contributed by atoms with Crippen LogP contribution in [0, 0.1) is 13.8 Å². The van der Waals surface area contributed by atoms with Crippen LogP contribution in [-0.2, 0) is 11.3 Å². The number of fused-ring (bicyclic) bond motifs is 1. The molecule has 0 bridgehead atoms. The van der Waals surface area contributed by atoms with Crippen molar-refractivity contribution in [1.29, 1.82) is 0 Å². The van der Waals surface area contributed by atoms with Crippen molar-refractivity contribution in [2.75, 3.05) is 26.2 Å². The maximum absolute atomic E-state index is 11.9. The maximum Gasteiger partial charge on any atom is 0.410 e. The fourth-order valence-electron chi connectivity index (χ4n) is 3.89. The summed E-state index contributed by atoms with van der Waals surface area (Å²) < 4.78 is 11.2. The minimum absolute atomic E-state index is 0.175. The van der Waals surface area contributed by atoms with Crippen LogP contribution in [0.15, 0.2) is 28.7 Å². The number of benzene rings is 1. The lowest BCUT2D eigenvalue weighted by Gasteiger charge is -2.44. The molecule has 0 radical (unpaired) electrons. The van der Waals surface area contributed by atoms with Gasteiger partial charge in [0.05, 0.1) is 11.2 Å². The number of ether oxygens (including phenoxy) is 1. The molecule has 1 aromatic carbocycles. The average Bonchev–Trinajstić information content (AvgIpc) is 3.17. The number of piperazine rings is 1. The summed E-state index contributed by atoms with van der Waals surface area (Å²) >= 11 is 0. The van der Waals surface area contributed by atoms with Crippen LogP contribution in [0.25, 0.3) is 11.5 Å². The van der Waals surface area contributed by atoms with Gasteiger partial charge in [-0.2, -0.15) is 0 Å². The van der Waals surface area contributed by atoms with E-state index < -0.39 is 0 Å². The summed E-state index contributed by atoms with van der Waals surface area (Å²) in [6.07, 6.45) is 0.715. The summed E-state index contributed by atoms with van der Waals surface area (Å²) in [7, 11) is 0. The number of carbonyl (C=O) groups excluding carboxylic acids is 1. The van der Waals surface area contributed by atoms with E-state index in [0.717, 1.165) is 43.1 Å². The lowest BCUT2D eigenvalue weighted by molar-refractivity contribution is 0.0442. The third-order valence-electron chi connectivity index (χ3n) is 5.64. The molecule has 0 saturated carbocycles. The fourth-order valence-corrected chi connectivity index (χ4v) is 3.89. The lowest BCUT2D eigenvalue weighted by Crippen LogP contribution is -2.60. The third kappa shape index (κ3) is 2.88. The number of nitrogens with zero attached hydrogens (tertiary/aromatic N) is 3. The van der Waals surface area contributed by atoms with E-state index in [1.807, 2.05) is 24.0 Å². The Morgan fingerprint density at radius 2 is 1.96 bits per heavy atom. The molecule has 1 aromatic heterocycles. The van der Waals surface area contributed by atoms with E-state index in [4.69, 9.17) is 14.1 Å². The molecule has 4 rings (SSSR count). The Balaban J connectivity index is 1.51. The zero-order valence-corrected chi connectivity index (χ0v) is 15.6. The zero-order valence-electron chi connectivity index (χ0n) is 15.6. The molecule has 2 fully saturated rings. The summed E-state index contributed by atoms with van der Waals surface area (Å²) in [5.74, 6) is 1.52. The Morgan fingerprint density at radius 1 is 1.19 bits per heavy atom. The highest BCUT2D eigenvalue weighted by Crippen LogP contribution is 2.32. The highest BCUT2D eigenvalue weighted by Gasteiger charge is 2.49. The van der Waals surface area contributed by atoms with E-state index in [-0.39, 0.29) is 11.6 Å². The van der Waals surface area contributed by atoms with Crippen molar-refractivity contribution < 1.29 is 13.9 Å². The second-order valence-corrected chi connectivity index (χ2v) is 7.38. The minimum Gasteiger partial charge on any atom is -0.447 e. The molecule has 2 aromatic rings. The first kappa shape index (κ1) is 17.1. The van der Waals surface area contributed by atoms with Crippen molar-refractivity contribution in [2.45, 2.75) is 39.3 Å². The number of hydrogen-bond acceptors (Lipinski definition) is 5. The molecule has 0 spiro atoms. The quantitative estimate of drug-likeness (QED) is 0.841. The molecule has 6 nitrogen and oxygen atoms in total. The molecule has 138 valence electrons. The molecule has 26 heavy (non-hydrogen) atoms. The Morgan fingerprint density at radius 3 is 2.69 bits per heavy atom. The molecular formula is C20H25N3O3. The average molecular weight is 355 g/mol. The van der Waals surface area contributed by atoms with Crippen molar-refractivity contribution in [3.8, 4) is 11.5 Å². The van der Waals surface area contributed by atoms with E-state index in [0.29, 0.717) is 19.0 Å². The number of aromatic nitrogens is 1. The molecule has 1 unspecified atom stereocenters. The Bertz CT molecular complexity index is 814. The predicted molar refractivity (Wildman–Crippen MR) is 97.8 cm³/mol.